The third-order valence-electron chi connectivity index (χ3n) is 6.13. The highest BCUT2D eigenvalue weighted by Crippen LogP contribution is 2.33. The largest absolute Gasteiger partial charge is 0.454 e. The lowest BCUT2D eigenvalue weighted by atomic mass is 10.0. The maximum Gasteiger partial charge on any atom is 0.243 e. The number of carbonyl (C=O) groups excluding carboxylic acids is 2. The lowest BCUT2D eigenvalue weighted by molar-refractivity contribution is -0.141. The summed E-state index contributed by atoms with van der Waals surface area (Å²) < 4.78 is 10.9. The van der Waals surface area contributed by atoms with Crippen LogP contribution < -0.4 is 14.8 Å². The van der Waals surface area contributed by atoms with Crippen LogP contribution in [-0.2, 0) is 29.0 Å². The number of hydrogen-bond acceptors (Lipinski definition) is 4. The molecule has 0 aliphatic carbocycles. The molecule has 1 N–H and O–H groups in total. The van der Waals surface area contributed by atoms with Crippen molar-refractivity contribution in [1.29, 1.82) is 0 Å². The number of carbonyl (C=O) groups is 2. The number of hydrogen-bond donors (Lipinski definition) is 1. The molecule has 3 aromatic rings. The van der Waals surface area contributed by atoms with E-state index in [1.807, 2.05) is 73.7 Å². The molecule has 0 unspecified atom stereocenters. The lowest BCUT2D eigenvalue weighted by Gasteiger charge is -2.31. The van der Waals surface area contributed by atoms with Crippen LogP contribution in [0.2, 0.25) is 5.02 Å². The van der Waals surface area contributed by atoms with E-state index in [1.54, 1.807) is 11.0 Å². The molecule has 0 radical (unpaired) electrons. The van der Waals surface area contributed by atoms with Crippen molar-refractivity contribution in [2.75, 3.05) is 13.3 Å². The monoisotopic (exact) mass is 506 g/mol. The van der Waals surface area contributed by atoms with Gasteiger partial charge < -0.3 is 19.7 Å². The van der Waals surface area contributed by atoms with Crippen molar-refractivity contribution in [3.8, 4) is 11.5 Å². The summed E-state index contributed by atoms with van der Waals surface area (Å²) in [6, 6.07) is 22.3. The second kappa shape index (κ2) is 12.5. The van der Waals surface area contributed by atoms with E-state index in [0.29, 0.717) is 35.9 Å². The molecule has 0 aromatic heterocycles. The zero-order chi connectivity index (χ0) is 25.3. The van der Waals surface area contributed by atoms with Gasteiger partial charge in [0.15, 0.2) is 11.5 Å². The fourth-order valence-corrected chi connectivity index (χ4v) is 4.46. The van der Waals surface area contributed by atoms with E-state index < -0.39 is 6.04 Å². The molecule has 188 valence electrons. The summed E-state index contributed by atoms with van der Waals surface area (Å²) in [5.41, 5.74) is 2.85. The van der Waals surface area contributed by atoms with E-state index in [9.17, 15) is 9.59 Å². The standard InChI is InChI=1S/C29H31ClN2O4/c1-2-15-31-29(34)25(17-21-7-4-3-5-8-21)32(19-23-9-6-10-24(30)16-23)28(33)14-12-22-11-13-26-27(18-22)36-20-35-26/h3-11,13,16,18,25H,2,12,14-15,17,19-20H2,1H3,(H,31,34)/t25-/m1/s1. The molecule has 1 heterocycles. The van der Waals surface area contributed by atoms with E-state index in [0.717, 1.165) is 23.1 Å². The van der Waals surface area contributed by atoms with Crippen molar-refractivity contribution in [2.45, 2.75) is 45.2 Å². The van der Waals surface area contributed by atoms with Gasteiger partial charge in [-0.05, 0) is 53.8 Å². The zero-order valence-corrected chi connectivity index (χ0v) is 21.2. The third kappa shape index (κ3) is 6.79. The van der Waals surface area contributed by atoms with Gasteiger partial charge in [0, 0.05) is 31.0 Å². The first-order valence-electron chi connectivity index (χ1n) is 12.3. The van der Waals surface area contributed by atoms with E-state index >= 15 is 0 Å². The summed E-state index contributed by atoms with van der Waals surface area (Å²) in [7, 11) is 0. The van der Waals surface area contributed by atoms with Crippen LogP contribution in [0.3, 0.4) is 0 Å². The third-order valence-corrected chi connectivity index (χ3v) is 6.36. The number of ether oxygens (including phenoxy) is 2. The van der Waals surface area contributed by atoms with Gasteiger partial charge in [-0.3, -0.25) is 9.59 Å². The second-order valence-corrected chi connectivity index (χ2v) is 9.27. The number of amides is 2. The summed E-state index contributed by atoms with van der Waals surface area (Å²) in [6.07, 6.45) is 2.02. The Morgan fingerprint density at radius 1 is 0.944 bits per heavy atom. The highest BCUT2D eigenvalue weighted by atomic mass is 35.5. The van der Waals surface area contributed by atoms with Gasteiger partial charge in [0.2, 0.25) is 18.6 Å². The summed E-state index contributed by atoms with van der Waals surface area (Å²) >= 11 is 6.23. The van der Waals surface area contributed by atoms with Gasteiger partial charge in [0.1, 0.15) is 6.04 Å². The quantitative estimate of drug-likeness (QED) is 0.389. The number of fused-ring (bicyclic) bond motifs is 1. The second-order valence-electron chi connectivity index (χ2n) is 8.84. The molecular formula is C29H31ClN2O4. The Morgan fingerprint density at radius 2 is 1.72 bits per heavy atom. The molecule has 0 spiro atoms. The van der Waals surface area contributed by atoms with Crippen LogP contribution in [0.4, 0.5) is 0 Å². The topological polar surface area (TPSA) is 67.9 Å². The Bertz CT molecular complexity index is 1180. The van der Waals surface area contributed by atoms with E-state index in [-0.39, 0.29) is 31.6 Å². The van der Waals surface area contributed by atoms with Gasteiger partial charge in [0.05, 0.1) is 0 Å². The average Bonchev–Trinajstić information content (AvgIpc) is 3.36. The lowest BCUT2D eigenvalue weighted by Crippen LogP contribution is -2.50. The van der Waals surface area contributed by atoms with Crippen molar-refractivity contribution in [2.24, 2.45) is 0 Å². The van der Waals surface area contributed by atoms with Gasteiger partial charge in [0.25, 0.3) is 0 Å². The van der Waals surface area contributed by atoms with E-state index in [4.69, 9.17) is 21.1 Å². The molecule has 1 atom stereocenters. The first-order valence-corrected chi connectivity index (χ1v) is 12.7. The summed E-state index contributed by atoms with van der Waals surface area (Å²) in [4.78, 5) is 28.7. The first kappa shape index (κ1) is 25.6. The van der Waals surface area contributed by atoms with Gasteiger partial charge in [-0.2, -0.15) is 0 Å². The summed E-state index contributed by atoms with van der Waals surface area (Å²) in [5, 5.41) is 3.59. The molecule has 1 aliphatic heterocycles. The predicted octanol–water partition coefficient (Wildman–Crippen LogP) is 5.17. The van der Waals surface area contributed by atoms with Crippen LogP contribution in [0.25, 0.3) is 0 Å². The molecule has 4 rings (SSSR count). The predicted molar refractivity (Wildman–Crippen MR) is 140 cm³/mol. The molecule has 0 saturated heterocycles. The molecular weight excluding hydrogens is 476 g/mol. The van der Waals surface area contributed by atoms with Crippen LogP contribution in [0.5, 0.6) is 11.5 Å². The smallest absolute Gasteiger partial charge is 0.243 e. The van der Waals surface area contributed by atoms with E-state index in [2.05, 4.69) is 5.32 Å². The van der Waals surface area contributed by atoms with Crippen LogP contribution in [-0.4, -0.2) is 36.1 Å². The number of aryl methyl sites for hydroxylation is 1. The molecule has 0 saturated carbocycles. The van der Waals surface area contributed by atoms with Crippen LogP contribution in [0, 0.1) is 0 Å². The van der Waals surface area contributed by atoms with Crippen molar-refractivity contribution >= 4 is 23.4 Å². The average molecular weight is 507 g/mol. The Morgan fingerprint density at radius 3 is 2.50 bits per heavy atom. The zero-order valence-electron chi connectivity index (χ0n) is 20.4. The van der Waals surface area contributed by atoms with E-state index in [1.165, 1.54) is 0 Å². The number of halogens is 1. The highest BCUT2D eigenvalue weighted by molar-refractivity contribution is 6.30. The Hall–Kier alpha value is -3.51. The minimum Gasteiger partial charge on any atom is -0.454 e. The SMILES string of the molecule is CCCNC(=O)[C@@H](Cc1ccccc1)N(Cc1cccc(Cl)c1)C(=O)CCc1ccc2c(c1)OCO2. The van der Waals surface area contributed by atoms with Crippen LogP contribution >= 0.6 is 11.6 Å². The molecule has 0 fully saturated rings. The van der Waals surface area contributed by atoms with Crippen molar-refractivity contribution in [3.63, 3.8) is 0 Å². The minimum absolute atomic E-state index is 0.0970. The number of rotatable bonds is 11. The van der Waals surface area contributed by atoms with Gasteiger partial charge in [-0.15, -0.1) is 0 Å². The fourth-order valence-electron chi connectivity index (χ4n) is 4.24. The number of nitrogens with one attached hydrogen (secondary N) is 1. The Kier molecular flexibility index (Phi) is 8.85. The molecule has 0 bridgehead atoms. The normalized spacial score (nSPS) is 12.7. The number of benzene rings is 3. The van der Waals surface area contributed by atoms with Crippen molar-refractivity contribution < 1.29 is 19.1 Å². The molecule has 3 aromatic carbocycles. The molecule has 1 aliphatic rings. The van der Waals surface area contributed by atoms with Crippen molar-refractivity contribution in [3.05, 3.63) is 94.5 Å². The fraction of sp³-hybridized carbons (Fsp3) is 0.310. The van der Waals surface area contributed by atoms with Gasteiger partial charge in [-0.25, -0.2) is 0 Å². The molecule has 36 heavy (non-hydrogen) atoms. The Balaban J connectivity index is 1.58. The minimum atomic E-state index is -0.651. The van der Waals surface area contributed by atoms with Gasteiger partial charge in [-0.1, -0.05) is 67.1 Å². The Labute approximate surface area is 217 Å². The maximum absolute atomic E-state index is 13.7. The molecule has 7 heteroatoms. The molecule has 2 amide bonds. The summed E-state index contributed by atoms with van der Waals surface area (Å²) in [5.74, 6) is 1.15. The first-order chi connectivity index (χ1) is 17.5. The van der Waals surface area contributed by atoms with Crippen LogP contribution in [0.15, 0.2) is 72.8 Å². The van der Waals surface area contributed by atoms with Crippen molar-refractivity contribution in [1.82, 2.24) is 10.2 Å². The molecule has 6 nitrogen and oxygen atoms in total. The highest BCUT2D eigenvalue weighted by Gasteiger charge is 2.30. The van der Waals surface area contributed by atoms with Crippen LogP contribution in [0.1, 0.15) is 36.5 Å². The number of nitrogens with zero attached hydrogens (tertiary/aromatic N) is 1. The van der Waals surface area contributed by atoms with Gasteiger partial charge >= 0.3 is 0 Å². The summed E-state index contributed by atoms with van der Waals surface area (Å²) in [6.45, 7) is 3.06. The maximum atomic E-state index is 13.7.